The van der Waals surface area contributed by atoms with Gasteiger partial charge < -0.3 is 16.2 Å². The third-order valence-electron chi connectivity index (χ3n) is 3.27. The Labute approximate surface area is 119 Å². The van der Waals surface area contributed by atoms with Crippen LogP contribution in [-0.2, 0) is 0 Å². The zero-order valence-corrected chi connectivity index (χ0v) is 11.7. The largest absolute Gasteiger partial charge is 0.508 e. The highest BCUT2D eigenvalue weighted by atomic mass is 79.9. The van der Waals surface area contributed by atoms with Crippen LogP contribution in [0.25, 0.3) is 11.3 Å². The molecule has 0 bridgehead atoms. The number of hydrogen-bond acceptors (Lipinski definition) is 3. The molecule has 19 heavy (non-hydrogen) atoms. The molecule has 1 aliphatic heterocycles. The van der Waals surface area contributed by atoms with Crippen LogP contribution in [0, 0.1) is 0 Å². The highest BCUT2D eigenvalue weighted by Gasteiger charge is 2.19. The van der Waals surface area contributed by atoms with Gasteiger partial charge in [-0.1, -0.05) is 15.9 Å². The maximum Gasteiger partial charge on any atom is 0.115 e. The van der Waals surface area contributed by atoms with Crippen LogP contribution >= 0.6 is 15.9 Å². The van der Waals surface area contributed by atoms with Gasteiger partial charge in [-0.25, -0.2) is 0 Å². The fourth-order valence-corrected chi connectivity index (χ4v) is 2.62. The number of benzene rings is 2. The lowest BCUT2D eigenvalue weighted by Crippen LogP contribution is -2.03. The van der Waals surface area contributed by atoms with Crippen LogP contribution in [0.4, 0.5) is 5.69 Å². The summed E-state index contributed by atoms with van der Waals surface area (Å²) in [4.78, 5) is 0. The zero-order chi connectivity index (χ0) is 13.4. The van der Waals surface area contributed by atoms with Gasteiger partial charge in [0.15, 0.2) is 0 Å². The number of nitrogens with one attached hydrogen (secondary N) is 1. The summed E-state index contributed by atoms with van der Waals surface area (Å²) in [5.41, 5.74) is 11.2. The summed E-state index contributed by atoms with van der Waals surface area (Å²) in [7, 11) is 0. The Kier molecular flexibility index (Phi) is 2.95. The lowest BCUT2D eigenvalue weighted by Gasteiger charge is -2.07. The molecular formula is C15H13BrN2O. The number of hydrogen-bond donors (Lipinski definition) is 3. The van der Waals surface area contributed by atoms with E-state index in [1.807, 2.05) is 24.3 Å². The van der Waals surface area contributed by atoms with E-state index in [1.54, 1.807) is 12.1 Å². The van der Waals surface area contributed by atoms with E-state index < -0.39 is 0 Å². The number of anilines is 1. The van der Waals surface area contributed by atoms with Gasteiger partial charge in [0, 0.05) is 33.5 Å². The summed E-state index contributed by atoms with van der Waals surface area (Å²) in [6.07, 6.45) is 0. The van der Waals surface area contributed by atoms with Gasteiger partial charge in [0.1, 0.15) is 5.75 Å². The molecule has 0 saturated heterocycles. The van der Waals surface area contributed by atoms with Gasteiger partial charge >= 0.3 is 0 Å². The lowest BCUT2D eigenvalue weighted by molar-refractivity contribution is 0.475. The second-order valence-corrected chi connectivity index (χ2v) is 5.40. The quantitative estimate of drug-likeness (QED) is 0.755. The van der Waals surface area contributed by atoms with Crippen LogP contribution in [-0.4, -0.2) is 11.7 Å². The molecule has 0 amide bonds. The molecular weight excluding hydrogens is 304 g/mol. The first-order chi connectivity index (χ1) is 9.15. The second kappa shape index (κ2) is 4.63. The molecule has 0 aliphatic carbocycles. The summed E-state index contributed by atoms with van der Waals surface area (Å²) in [5, 5.41) is 12.7. The van der Waals surface area contributed by atoms with Gasteiger partial charge in [0.25, 0.3) is 0 Å². The van der Waals surface area contributed by atoms with Crippen LogP contribution in [0.1, 0.15) is 11.1 Å². The average Bonchev–Trinajstić information content (AvgIpc) is 2.81. The number of rotatable bonds is 1. The smallest absolute Gasteiger partial charge is 0.115 e. The molecule has 0 unspecified atom stereocenters. The van der Waals surface area contributed by atoms with E-state index in [1.165, 1.54) is 0 Å². The van der Waals surface area contributed by atoms with E-state index in [0.29, 0.717) is 0 Å². The first-order valence-corrected chi connectivity index (χ1v) is 6.76. The Balaban J connectivity index is 2.10. The predicted octanol–water partition coefficient (Wildman–Crippen LogP) is 3.41. The van der Waals surface area contributed by atoms with E-state index in [4.69, 9.17) is 5.73 Å². The highest BCUT2D eigenvalue weighted by Crippen LogP contribution is 2.36. The van der Waals surface area contributed by atoms with Crippen LogP contribution in [0.3, 0.4) is 0 Å². The average molecular weight is 317 g/mol. The molecule has 0 radical (unpaired) electrons. The van der Waals surface area contributed by atoms with Crippen molar-refractivity contribution in [1.29, 1.82) is 0 Å². The normalized spacial score (nSPS) is 15.8. The van der Waals surface area contributed by atoms with Crippen molar-refractivity contribution in [1.82, 2.24) is 0 Å². The molecule has 3 rings (SSSR count). The molecule has 3 nitrogen and oxygen atoms in total. The monoisotopic (exact) mass is 316 g/mol. The molecule has 1 aliphatic rings. The van der Waals surface area contributed by atoms with Crippen LogP contribution in [0.2, 0.25) is 0 Å². The van der Waals surface area contributed by atoms with E-state index in [0.717, 1.165) is 39.1 Å². The van der Waals surface area contributed by atoms with E-state index in [9.17, 15) is 5.11 Å². The maximum absolute atomic E-state index is 9.32. The van der Waals surface area contributed by atoms with Crippen molar-refractivity contribution in [2.45, 2.75) is 0 Å². The summed E-state index contributed by atoms with van der Waals surface area (Å²) in [6.45, 7) is 0.721. The minimum absolute atomic E-state index is 0.245. The number of aromatic hydroxyl groups is 1. The molecule has 0 saturated carbocycles. The molecule has 2 aromatic carbocycles. The van der Waals surface area contributed by atoms with E-state index >= 15 is 0 Å². The number of halogens is 1. The summed E-state index contributed by atoms with van der Waals surface area (Å²) in [6, 6.07) is 13.1. The molecule has 0 aromatic heterocycles. The molecule has 0 atom stereocenters. The topological polar surface area (TPSA) is 58.3 Å². The number of fused-ring (bicyclic) bond motifs is 1. The summed E-state index contributed by atoms with van der Waals surface area (Å²) in [5.74, 6) is 0.245. The third kappa shape index (κ3) is 2.19. The molecule has 2 aromatic rings. The van der Waals surface area contributed by atoms with Crippen molar-refractivity contribution in [3.8, 4) is 5.75 Å². The Morgan fingerprint density at radius 3 is 2.63 bits per heavy atom. The van der Waals surface area contributed by atoms with E-state index in [-0.39, 0.29) is 5.75 Å². The van der Waals surface area contributed by atoms with Gasteiger partial charge in [0.05, 0.1) is 0 Å². The fourth-order valence-electron chi connectivity index (χ4n) is 2.25. The molecule has 96 valence electrons. The van der Waals surface area contributed by atoms with Gasteiger partial charge in [0.2, 0.25) is 0 Å². The first kappa shape index (κ1) is 12.1. The number of phenols is 1. The Morgan fingerprint density at radius 1 is 1.16 bits per heavy atom. The van der Waals surface area contributed by atoms with Gasteiger partial charge in [-0.2, -0.15) is 0 Å². The Bertz CT molecular complexity index is 662. The van der Waals surface area contributed by atoms with Crippen molar-refractivity contribution in [2.24, 2.45) is 5.73 Å². The van der Waals surface area contributed by atoms with Gasteiger partial charge in [-0.05, 0) is 48.0 Å². The minimum Gasteiger partial charge on any atom is -0.508 e. The SMILES string of the molecule is NC(=C1CNc2ccc(Br)cc21)c1ccc(O)cc1. The Morgan fingerprint density at radius 2 is 1.89 bits per heavy atom. The van der Waals surface area contributed by atoms with Crippen molar-refractivity contribution < 1.29 is 5.11 Å². The van der Waals surface area contributed by atoms with Gasteiger partial charge in [-0.15, -0.1) is 0 Å². The minimum atomic E-state index is 0.245. The maximum atomic E-state index is 9.32. The van der Waals surface area contributed by atoms with Crippen molar-refractivity contribution in [2.75, 3.05) is 11.9 Å². The standard InChI is InChI=1S/C15H13BrN2O/c16-10-3-6-14-12(7-10)13(8-18-14)15(17)9-1-4-11(19)5-2-9/h1-7,18-19H,8,17H2. The zero-order valence-electron chi connectivity index (χ0n) is 10.2. The predicted molar refractivity (Wildman–Crippen MR) is 81.7 cm³/mol. The van der Waals surface area contributed by atoms with Crippen LogP contribution in [0.15, 0.2) is 46.9 Å². The Hall–Kier alpha value is -1.94. The molecule has 0 fully saturated rings. The molecule has 4 heteroatoms. The summed E-state index contributed by atoms with van der Waals surface area (Å²) < 4.78 is 1.03. The van der Waals surface area contributed by atoms with Crippen LogP contribution < -0.4 is 11.1 Å². The fraction of sp³-hybridized carbons (Fsp3) is 0.0667. The van der Waals surface area contributed by atoms with Crippen molar-refractivity contribution >= 4 is 32.9 Å². The first-order valence-electron chi connectivity index (χ1n) is 5.97. The second-order valence-electron chi connectivity index (χ2n) is 4.48. The summed E-state index contributed by atoms with van der Waals surface area (Å²) >= 11 is 3.48. The third-order valence-corrected chi connectivity index (χ3v) is 3.76. The van der Waals surface area contributed by atoms with Crippen LogP contribution in [0.5, 0.6) is 5.75 Å². The number of nitrogens with two attached hydrogens (primary N) is 1. The lowest BCUT2D eigenvalue weighted by atomic mass is 10.0. The van der Waals surface area contributed by atoms with Crippen molar-refractivity contribution in [3.05, 3.63) is 58.1 Å². The molecule has 0 spiro atoms. The number of phenolic OH excluding ortho intramolecular Hbond substituents is 1. The molecule has 1 heterocycles. The van der Waals surface area contributed by atoms with Crippen molar-refractivity contribution in [3.63, 3.8) is 0 Å². The van der Waals surface area contributed by atoms with E-state index in [2.05, 4.69) is 27.3 Å². The highest BCUT2D eigenvalue weighted by molar-refractivity contribution is 9.10. The van der Waals surface area contributed by atoms with Gasteiger partial charge in [-0.3, -0.25) is 0 Å². The molecule has 4 N–H and O–H groups in total.